The molecule has 0 aliphatic carbocycles. The van der Waals surface area contributed by atoms with E-state index in [9.17, 15) is 9.59 Å². The lowest BCUT2D eigenvalue weighted by atomic mass is 9.99. The number of aryl methyl sites for hydroxylation is 1. The first-order valence-corrected chi connectivity index (χ1v) is 11.7. The molecule has 0 unspecified atom stereocenters. The molecule has 0 spiro atoms. The van der Waals surface area contributed by atoms with Gasteiger partial charge in [-0.1, -0.05) is 16.7 Å². The Bertz CT molecular complexity index is 1410. The number of pyridine rings is 2. The van der Waals surface area contributed by atoms with E-state index in [1.54, 1.807) is 43.5 Å². The van der Waals surface area contributed by atoms with E-state index >= 15 is 0 Å². The second-order valence-electron chi connectivity index (χ2n) is 7.36. The van der Waals surface area contributed by atoms with Crippen molar-refractivity contribution in [2.45, 2.75) is 13.5 Å². The average Bonchev–Trinajstić information content (AvgIpc) is 3.34. The van der Waals surface area contributed by atoms with Gasteiger partial charge in [-0.25, -0.2) is 4.79 Å². The molecule has 0 atom stereocenters. The molecule has 10 nitrogen and oxygen atoms in total. The van der Waals surface area contributed by atoms with Crippen LogP contribution in [0.3, 0.4) is 0 Å². The molecule has 0 fully saturated rings. The average molecular weight is 526 g/mol. The molecule has 184 valence electrons. The highest BCUT2D eigenvalue weighted by Gasteiger charge is 2.19. The number of nitrogens with zero attached hydrogens (tertiary/aromatic N) is 4. The third kappa shape index (κ3) is 5.75. The number of nitrogens with one attached hydrogen (secondary N) is 1. The number of anilines is 1. The van der Waals surface area contributed by atoms with E-state index < -0.39 is 11.9 Å². The highest BCUT2D eigenvalue weighted by molar-refractivity contribution is 7.17. The maximum atomic E-state index is 13.1. The molecule has 0 saturated carbocycles. The summed E-state index contributed by atoms with van der Waals surface area (Å²) in [5, 5.41) is 11.6. The fourth-order valence-corrected chi connectivity index (χ4v) is 3.98. The summed E-state index contributed by atoms with van der Waals surface area (Å²) < 4.78 is 15.7. The molecule has 1 amide bonds. The number of amides is 1. The molecule has 4 aromatic rings. The third-order valence-corrected chi connectivity index (χ3v) is 5.94. The number of halogens is 1. The minimum absolute atomic E-state index is 0.102. The topological polar surface area (TPSA) is 125 Å². The Morgan fingerprint density at radius 3 is 2.58 bits per heavy atom. The Labute approximate surface area is 215 Å². The van der Waals surface area contributed by atoms with Gasteiger partial charge in [0.15, 0.2) is 0 Å². The Balaban J connectivity index is 1.47. The van der Waals surface area contributed by atoms with Crippen LogP contribution >= 0.6 is 22.9 Å². The third-order valence-electron chi connectivity index (χ3n) is 4.95. The van der Waals surface area contributed by atoms with Gasteiger partial charge >= 0.3 is 5.97 Å². The number of carbonyl (C=O) groups is 2. The molecule has 1 N–H and O–H groups in total. The van der Waals surface area contributed by atoms with E-state index in [1.807, 2.05) is 6.92 Å². The van der Waals surface area contributed by atoms with Gasteiger partial charge in [-0.15, -0.1) is 5.10 Å². The van der Waals surface area contributed by atoms with Crippen LogP contribution in [0.15, 0.2) is 48.8 Å². The highest BCUT2D eigenvalue weighted by Crippen LogP contribution is 2.35. The first-order valence-electron chi connectivity index (χ1n) is 10.5. The van der Waals surface area contributed by atoms with Crippen molar-refractivity contribution in [3.8, 4) is 22.1 Å². The number of hydrogen-bond donors (Lipinski definition) is 1. The molecule has 0 aliphatic rings. The van der Waals surface area contributed by atoms with Gasteiger partial charge in [-0.2, -0.15) is 0 Å². The van der Waals surface area contributed by atoms with Crippen LogP contribution in [-0.4, -0.2) is 46.3 Å². The number of ether oxygens (including phenoxy) is 3. The second kappa shape index (κ2) is 11.1. The summed E-state index contributed by atoms with van der Waals surface area (Å²) in [5.74, 6) is -0.332. The molecular formula is C24H20ClN5O5S. The van der Waals surface area contributed by atoms with Gasteiger partial charge < -0.3 is 14.2 Å². The summed E-state index contributed by atoms with van der Waals surface area (Å²) in [6.07, 6.45) is 2.89. The molecule has 0 radical (unpaired) electrons. The number of carbonyl (C=O) groups excluding carboxylic acids is 2. The second-order valence-corrected chi connectivity index (χ2v) is 8.74. The molecule has 36 heavy (non-hydrogen) atoms. The Morgan fingerprint density at radius 1 is 1.03 bits per heavy atom. The van der Waals surface area contributed by atoms with Crippen molar-refractivity contribution in [2.75, 3.05) is 19.5 Å². The van der Waals surface area contributed by atoms with Crippen LogP contribution in [0.4, 0.5) is 5.13 Å². The zero-order chi connectivity index (χ0) is 25.7. The van der Waals surface area contributed by atoms with Gasteiger partial charge in [0.05, 0.1) is 31.0 Å². The quantitative estimate of drug-likeness (QED) is 0.329. The van der Waals surface area contributed by atoms with Gasteiger partial charge in [0.25, 0.3) is 11.1 Å². The van der Waals surface area contributed by atoms with Crippen molar-refractivity contribution < 1.29 is 23.8 Å². The van der Waals surface area contributed by atoms with Gasteiger partial charge in [-0.3, -0.25) is 20.1 Å². The predicted octanol–water partition coefficient (Wildman–Crippen LogP) is 4.58. The maximum Gasteiger partial charge on any atom is 0.339 e. The van der Waals surface area contributed by atoms with Crippen LogP contribution < -0.4 is 14.8 Å². The van der Waals surface area contributed by atoms with Gasteiger partial charge in [0, 0.05) is 34.2 Å². The largest absolute Gasteiger partial charge is 0.496 e. The van der Waals surface area contributed by atoms with E-state index in [4.69, 9.17) is 21.1 Å². The number of rotatable bonds is 8. The van der Waals surface area contributed by atoms with Crippen LogP contribution in [0, 0.1) is 6.92 Å². The van der Waals surface area contributed by atoms with Crippen LogP contribution in [0.1, 0.15) is 32.1 Å². The smallest absolute Gasteiger partial charge is 0.339 e. The maximum absolute atomic E-state index is 13.1. The van der Waals surface area contributed by atoms with Crippen molar-refractivity contribution in [1.29, 1.82) is 0 Å². The first kappa shape index (κ1) is 25.0. The molecule has 0 bridgehead atoms. The lowest BCUT2D eigenvalue weighted by Crippen LogP contribution is -2.14. The minimum atomic E-state index is -0.472. The Morgan fingerprint density at radius 2 is 1.86 bits per heavy atom. The molecule has 0 saturated heterocycles. The summed E-state index contributed by atoms with van der Waals surface area (Å²) in [6.45, 7) is 1.93. The van der Waals surface area contributed by atoms with Crippen LogP contribution in [-0.2, 0) is 11.3 Å². The predicted molar refractivity (Wildman–Crippen MR) is 134 cm³/mol. The van der Waals surface area contributed by atoms with Gasteiger partial charge in [0.2, 0.25) is 5.13 Å². The molecular weight excluding hydrogens is 506 g/mol. The molecule has 3 heterocycles. The summed E-state index contributed by atoms with van der Waals surface area (Å²) in [5.41, 5.74) is 3.23. The number of methoxy groups -OCH3 is 2. The van der Waals surface area contributed by atoms with Crippen molar-refractivity contribution in [3.05, 3.63) is 76.3 Å². The monoisotopic (exact) mass is 525 g/mol. The summed E-state index contributed by atoms with van der Waals surface area (Å²) in [4.78, 5) is 33.1. The zero-order valence-corrected chi connectivity index (χ0v) is 21.0. The number of esters is 1. The van der Waals surface area contributed by atoms with Crippen molar-refractivity contribution >= 4 is 39.9 Å². The molecule has 1 aromatic carbocycles. The summed E-state index contributed by atoms with van der Waals surface area (Å²) in [7, 11) is 2.85. The summed E-state index contributed by atoms with van der Waals surface area (Å²) in [6, 6.07) is 10.2. The number of benzene rings is 1. The number of hydrogen-bond acceptors (Lipinski definition) is 10. The van der Waals surface area contributed by atoms with Crippen LogP contribution in [0.25, 0.3) is 11.1 Å². The minimum Gasteiger partial charge on any atom is -0.496 e. The van der Waals surface area contributed by atoms with Gasteiger partial charge in [-0.05, 0) is 54.7 Å². The van der Waals surface area contributed by atoms with Crippen LogP contribution in [0.5, 0.6) is 10.9 Å². The number of aromatic nitrogens is 4. The molecule has 12 heteroatoms. The lowest BCUT2D eigenvalue weighted by Gasteiger charge is -2.13. The summed E-state index contributed by atoms with van der Waals surface area (Å²) >= 11 is 7.26. The van der Waals surface area contributed by atoms with E-state index in [0.717, 1.165) is 17.0 Å². The fourth-order valence-electron chi connectivity index (χ4n) is 3.22. The normalized spacial score (nSPS) is 10.6. The van der Waals surface area contributed by atoms with Crippen LogP contribution in [0.2, 0.25) is 5.02 Å². The fraction of sp³-hybridized carbons (Fsp3) is 0.167. The van der Waals surface area contributed by atoms with E-state index in [0.29, 0.717) is 38.7 Å². The first-order chi connectivity index (χ1) is 17.4. The Hall–Kier alpha value is -4.09. The zero-order valence-electron chi connectivity index (χ0n) is 19.4. The Kier molecular flexibility index (Phi) is 7.71. The van der Waals surface area contributed by atoms with E-state index in [1.165, 1.54) is 19.5 Å². The molecule has 3 aromatic heterocycles. The van der Waals surface area contributed by atoms with E-state index in [2.05, 4.69) is 30.2 Å². The van der Waals surface area contributed by atoms with Crippen molar-refractivity contribution in [3.63, 3.8) is 0 Å². The van der Waals surface area contributed by atoms with E-state index in [-0.39, 0.29) is 16.9 Å². The molecule has 0 aliphatic heterocycles. The van der Waals surface area contributed by atoms with Gasteiger partial charge in [0.1, 0.15) is 12.4 Å². The highest BCUT2D eigenvalue weighted by atomic mass is 35.5. The van der Waals surface area contributed by atoms with Crippen molar-refractivity contribution in [2.24, 2.45) is 0 Å². The molecule has 4 rings (SSSR count). The SMILES string of the molecule is COC(=O)c1ccc(COc2nnc(NC(=O)c3cnc(C)cc3-c3cc(Cl)ccc3OC)s2)nc1. The van der Waals surface area contributed by atoms with Crippen molar-refractivity contribution in [1.82, 2.24) is 20.2 Å². The lowest BCUT2D eigenvalue weighted by molar-refractivity contribution is 0.0600. The standard InChI is InChI=1S/C24H20ClN5O5S/c1-13-8-17(18-9-15(25)5-7-20(18)33-2)19(11-26-13)21(31)28-23-29-30-24(36-23)35-12-16-6-4-14(10-27-16)22(32)34-3/h4-11H,12H2,1-3H3,(H,28,29,31).